The van der Waals surface area contributed by atoms with E-state index in [1.807, 2.05) is 0 Å². The van der Waals surface area contributed by atoms with Crippen LogP contribution < -0.4 is 0 Å². The predicted molar refractivity (Wildman–Crippen MR) is 60.4 cm³/mol. The Labute approximate surface area is 92.0 Å². The van der Waals surface area contributed by atoms with E-state index in [1.54, 1.807) is 6.92 Å². The van der Waals surface area contributed by atoms with Gasteiger partial charge in [-0.25, -0.2) is 0 Å². The van der Waals surface area contributed by atoms with Crippen molar-refractivity contribution in [1.82, 2.24) is 0 Å². The van der Waals surface area contributed by atoms with Crippen LogP contribution in [0.4, 0.5) is 0 Å². The maximum Gasteiger partial charge on any atom is 0.0942 e. The van der Waals surface area contributed by atoms with E-state index in [1.165, 1.54) is 0 Å². The largest absolute Gasteiger partial charge is 0.390 e. The molecule has 0 spiro atoms. The zero-order valence-corrected chi connectivity index (χ0v) is 9.95. The average molecular weight is 210 g/mol. The zero-order valence-electron chi connectivity index (χ0n) is 9.95. The summed E-state index contributed by atoms with van der Waals surface area (Å²) in [7, 11) is 0. The third-order valence-corrected chi connectivity index (χ3v) is 4.75. The van der Waals surface area contributed by atoms with Crippen molar-refractivity contribution in [3.63, 3.8) is 0 Å². The Morgan fingerprint density at radius 1 is 1.27 bits per heavy atom. The van der Waals surface area contributed by atoms with Crippen LogP contribution in [0.2, 0.25) is 0 Å². The highest BCUT2D eigenvalue weighted by Gasteiger charge is 2.53. The van der Waals surface area contributed by atoms with Gasteiger partial charge in [-0.1, -0.05) is 26.0 Å². The van der Waals surface area contributed by atoms with Gasteiger partial charge in [0.1, 0.15) is 0 Å². The lowest BCUT2D eigenvalue weighted by Gasteiger charge is -2.55. The number of hydrogen-bond donors (Lipinski definition) is 2. The van der Waals surface area contributed by atoms with E-state index >= 15 is 0 Å². The van der Waals surface area contributed by atoms with E-state index in [9.17, 15) is 10.2 Å². The van der Waals surface area contributed by atoms with Gasteiger partial charge in [-0.05, 0) is 37.5 Å². The molecule has 0 heterocycles. The SMILES string of the molecule is C=C1[C@@H]2C[C@@H](O)[C@](C)(O)[C@H]1CCC2(C)C. The van der Waals surface area contributed by atoms with Crippen LogP contribution in [0.15, 0.2) is 12.2 Å². The summed E-state index contributed by atoms with van der Waals surface area (Å²) in [4.78, 5) is 0. The van der Waals surface area contributed by atoms with Gasteiger partial charge in [0.25, 0.3) is 0 Å². The highest BCUT2D eigenvalue weighted by atomic mass is 16.3. The summed E-state index contributed by atoms with van der Waals surface area (Å²) in [6, 6.07) is 0. The van der Waals surface area contributed by atoms with E-state index in [4.69, 9.17) is 0 Å². The van der Waals surface area contributed by atoms with Gasteiger partial charge in [0.05, 0.1) is 11.7 Å². The van der Waals surface area contributed by atoms with Crippen molar-refractivity contribution < 1.29 is 10.2 Å². The van der Waals surface area contributed by atoms with Crippen molar-refractivity contribution in [2.75, 3.05) is 0 Å². The summed E-state index contributed by atoms with van der Waals surface area (Å²) in [5, 5.41) is 20.3. The van der Waals surface area contributed by atoms with Crippen LogP contribution in [0.3, 0.4) is 0 Å². The van der Waals surface area contributed by atoms with E-state index in [0.29, 0.717) is 12.3 Å². The Morgan fingerprint density at radius 3 is 2.47 bits per heavy atom. The molecule has 86 valence electrons. The summed E-state index contributed by atoms with van der Waals surface area (Å²) in [6.07, 6.45) is 2.13. The molecule has 2 aliphatic carbocycles. The van der Waals surface area contributed by atoms with Crippen LogP contribution in [-0.4, -0.2) is 21.9 Å². The van der Waals surface area contributed by atoms with Gasteiger partial charge >= 0.3 is 0 Å². The van der Waals surface area contributed by atoms with E-state index in [2.05, 4.69) is 20.4 Å². The molecule has 2 N–H and O–H groups in total. The first kappa shape index (κ1) is 11.2. The molecule has 2 nitrogen and oxygen atoms in total. The van der Waals surface area contributed by atoms with Gasteiger partial charge in [-0.15, -0.1) is 0 Å². The van der Waals surface area contributed by atoms with Crippen molar-refractivity contribution in [3.05, 3.63) is 12.2 Å². The Bertz CT molecular complexity index is 287. The number of aliphatic hydroxyl groups excluding tert-OH is 1. The lowest BCUT2D eigenvalue weighted by molar-refractivity contribution is -0.141. The quantitative estimate of drug-likeness (QED) is 0.601. The van der Waals surface area contributed by atoms with E-state index in [0.717, 1.165) is 18.4 Å². The lowest BCUT2D eigenvalue weighted by atomic mass is 9.53. The first-order chi connectivity index (χ1) is 6.77. The monoisotopic (exact) mass is 210 g/mol. The number of aliphatic hydroxyl groups is 2. The Morgan fingerprint density at radius 2 is 1.87 bits per heavy atom. The molecule has 0 aliphatic heterocycles. The van der Waals surface area contributed by atoms with Crippen LogP contribution in [0.25, 0.3) is 0 Å². The lowest BCUT2D eigenvalue weighted by Crippen LogP contribution is -2.56. The van der Waals surface area contributed by atoms with Crippen molar-refractivity contribution in [2.45, 2.75) is 51.7 Å². The van der Waals surface area contributed by atoms with Crippen LogP contribution in [0.1, 0.15) is 40.0 Å². The molecule has 0 unspecified atom stereocenters. The summed E-state index contributed by atoms with van der Waals surface area (Å²) in [5.74, 6) is 0.450. The predicted octanol–water partition coefficient (Wildman–Crippen LogP) is 2.11. The standard InChI is InChI=1S/C13H22O2/c1-8-9-5-6-12(2,3)10(8)7-11(14)13(9,4)15/h9-11,14-15H,1,5-7H2,2-4H3/t9-,10-,11+,13+/m0/s1. The minimum Gasteiger partial charge on any atom is -0.390 e. The molecule has 0 amide bonds. The highest BCUT2D eigenvalue weighted by molar-refractivity contribution is 5.23. The maximum atomic E-state index is 10.3. The highest BCUT2D eigenvalue weighted by Crippen LogP contribution is 2.55. The minimum absolute atomic E-state index is 0.0827. The molecule has 2 saturated carbocycles. The van der Waals surface area contributed by atoms with Gasteiger partial charge in [0.15, 0.2) is 0 Å². The third kappa shape index (κ3) is 1.46. The molecule has 2 fully saturated rings. The second kappa shape index (κ2) is 3.08. The third-order valence-electron chi connectivity index (χ3n) is 4.75. The average Bonchev–Trinajstić information content (AvgIpc) is 2.09. The second-order valence-corrected chi connectivity index (χ2v) is 6.18. The topological polar surface area (TPSA) is 40.5 Å². The van der Waals surface area contributed by atoms with E-state index < -0.39 is 11.7 Å². The van der Waals surface area contributed by atoms with Crippen LogP contribution in [0, 0.1) is 17.3 Å². The fraction of sp³-hybridized carbons (Fsp3) is 0.846. The summed E-state index contributed by atoms with van der Waals surface area (Å²) >= 11 is 0. The summed E-state index contributed by atoms with van der Waals surface area (Å²) < 4.78 is 0. The Balaban J connectivity index is 2.35. The van der Waals surface area contributed by atoms with Crippen molar-refractivity contribution >= 4 is 0 Å². The smallest absolute Gasteiger partial charge is 0.0942 e. The molecule has 2 heteroatoms. The molecule has 0 saturated heterocycles. The fourth-order valence-electron chi connectivity index (χ4n) is 3.45. The Kier molecular flexibility index (Phi) is 2.29. The number of hydrogen-bond acceptors (Lipinski definition) is 2. The molecule has 2 aliphatic rings. The molecule has 4 atom stereocenters. The fourth-order valence-corrected chi connectivity index (χ4v) is 3.45. The molecular formula is C13H22O2. The normalized spacial score (nSPS) is 49.1. The van der Waals surface area contributed by atoms with Crippen LogP contribution in [-0.2, 0) is 0 Å². The minimum atomic E-state index is -0.968. The van der Waals surface area contributed by atoms with Gasteiger partial charge in [-0.2, -0.15) is 0 Å². The summed E-state index contributed by atoms with van der Waals surface area (Å²) in [6.45, 7) is 10.4. The van der Waals surface area contributed by atoms with Crippen molar-refractivity contribution in [1.29, 1.82) is 0 Å². The first-order valence-corrected chi connectivity index (χ1v) is 5.86. The zero-order chi connectivity index (χ0) is 11.4. The summed E-state index contributed by atoms with van der Waals surface area (Å²) in [5.41, 5.74) is 0.413. The van der Waals surface area contributed by atoms with Gasteiger partial charge in [-0.3, -0.25) is 0 Å². The molecular weight excluding hydrogens is 188 g/mol. The molecule has 15 heavy (non-hydrogen) atoms. The molecule has 2 rings (SSSR count). The molecule has 2 bridgehead atoms. The van der Waals surface area contributed by atoms with E-state index in [-0.39, 0.29) is 11.3 Å². The second-order valence-electron chi connectivity index (χ2n) is 6.18. The first-order valence-electron chi connectivity index (χ1n) is 5.86. The van der Waals surface area contributed by atoms with Gasteiger partial charge in [0, 0.05) is 5.92 Å². The molecule has 0 aromatic carbocycles. The Hall–Kier alpha value is -0.340. The molecule has 0 radical (unpaired) electrons. The van der Waals surface area contributed by atoms with Gasteiger partial charge < -0.3 is 10.2 Å². The van der Waals surface area contributed by atoms with Crippen LogP contribution >= 0.6 is 0 Å². The number of fused-ring (bicyclic) bond motifs is 2. The van der Waals surface area contributed by atoms with Crippen molar-refractivity contribution in [2.24, 2.45) is 17.3 Å². The number of rotatable bonds is 0. The van der Waals surface area contributed by atoms with Crippen LogP contribution in [0.5, 0.6) is 0 Å². The van der Waals surface area contributed by atoms with Crippen molar-refractivity contribution in [3.8, 4) is 0 Å². The molecule has 0 aromatic heterocycles. The van der Waals surface area contributed by atoms with Gasteiger partial charge in [0.2, 0.25) is 0 Å². The molecule has 0 aromatic rings. The maximum absolute atomic E-state index is 10.3.